The summed E-state index contributed by atoms with van der Waals surface area (Å²) in [5.74, 6) is 0.387. The molecule has 0 saturated carbocycles. The van der Waals surface area contributed by atoms with E-state index in [1.807, 2.05) is 49.6 Å². The van der Waals surface area contributed by atoms with E-state index in [4.69, 9.17) is 0 Å². The van der Waals surface area contributed by atoms with Crippen LogP contribution in [-0.4, -0.2) is 25.8 Å². The Morgan fingerprint density at radius 3 is 2.50 bits per heavy atom. The zero-order chi connectivity index (χ0) is 20.9. The summed E-state index contributed by atoms with van der Waals surface area (Å²) in [5, 5.41) is 8.90. The van der Waals surface area contributed by atoms with Crippen molar-refractivity contribution in [3.8, 4) is 10.6 Å². The van der Waals surface area contributed by atoms with Gasteiger partial charge < -0.3 is 10.6 Å². The number of hydrogen-bond acceptors (Lipinski definition) is 7. The van der Waals surface area contributed by atoms with Gasteiger partial charge in [0.1, 0.15) is 5.01 Å². The van der Waals surface area contributed by atoms with Gasteiger partial charge in [-0.25, -0.2) is 15.0 Å². The number of carbonyl (C=O) groups is 1. The number of hydrogen-bond donors (Lipinski definition) is 2. The summed E-state index contributed by atoms with van der Waals surface area (Å²) in [7, 11) is 0. The van der Waals surface area contributed by atoms with E-state index in [1.54, 1.807) is 24.5 Å². The highest BCUT2D eigenvalue weighted by Crippen LogP contribution is 2.22. The van der Waals surface area contributed by atoms with Gasteiger partial charge in [0.15, 0.2) is 0 Å². The summed E-state index contributed by atoms with van der Waals surface area (Å²) in [6.45, 7) is 4.22. The molecule has 0 aliphatic heterocycles. The maximum Gasteiger partial charge on any atom is 0.251 e. The molecule has 0 spiro atoms. The molecule has 4 aromatic rings. The maximum atomic E-state index is 12.5. The minimum atomic E-state index is -0.153. The van der Waals surface area contributed by atoms with E-state index in [1.165, 1.54) is 11.3 Å². The largest absolute Gasteiger partial charge is 0.346 e. The highest BCUT2D eigenvalue weighted by Gasteiger charge is 2.09. The number of amides is 1. The Kier molecular flexibility index (Phi) is 5.76. The van der Waals surface area contributed by atoms with Gasteiger partial charge in [-0.2, -0.15) is 0 Å². The van der Waals surface area contributed by atoms with Gasteiger partial charge in [-0.1, -0.05) is 0 Å². The first-order chi connectivity index (χ1) is 14.6. The topological polar surface area (TPSA) is 92.7 Å². The van der Waals surface area contributed by atoms with Crippen LogP contribution in [0.25, 0.3) is 10.6 Å². The molecule has 0 unspecified atom stereocenters. The van der Waals surface area contributed by atoms with Crippen molar-refractivity contribution < 1.29 is 4.79 Å². The molecule has 4 rings (SSSR count). The minimum Gasteiger partial charge on any atom is -0.346 e. The highest BCUT2D eigenvalue weighted by molar-refractivity contribution is 7.13. The summed E-state index contributed by atoms with van der Waals surface area (Å²) in [5.41, 5.74) is 4.97. The minimum absolute atomic E-state index is 0.153. The first kappa shape index (κ1) is 19.7. The van der Waals surface area contributed by atoms with Crippen LogP contribution in [0.15, 0.2) is 60.2 Å². The molecule has 1 amide bonds. The van der Waals surface area contributed by atoms with Crippen molar-refractivity contribution in [3.05, 3.63) is 82.9 Å². The SMILES string of the molecule is Cc1cc(C)nc(Nc2ccc(C(=O)NCc3csc(-c4cccnc4)n3)cc2)n1. The Morgan fingerprint density at radius 1 is 1.03 bits per heavy atom. The molecule has 8 heteroatoms. The van der Waals surface area contributed by atoms with Crippen LogP contribution in [0.1, 0.15) is 27.4 Å². The van der Waals surface area contributed by atoms with E-state index < -0.39 is 0 Å². The third-order valence-electron chi connectivity index (χ3n) is 4.28. The normalized spacial score (nSPS) is 10.6. The third-order valence-corrected chi connectivity index (χ3v) is 5.22. The van der Waals surface area contributed by atoms with Crippen LogP contribution in [0.2, 0.25) is 0 Å². The molecule has 7 nitrogen and oxygen atoms in total. The molecule has 3 heterocycles. The van der Waals surface area contributed by atoms with Crippen LogP contribution in [0.3, 0.4) is 0 Å². The predicted octanol–water partition coefficient (Wildman–Crippen LogP) is 4.29. The van der Waals surface area contributed by atoms with Crippen molar-refractivity contribution in [3.63, 3.8) is 0 Å². The van der Waals surface area contributed by atoms with E-state index in [-0.39, 0.29) is 5.91 Å². The third kappa shape index (κ3) is 4.84. The zero-order valence-electron chi connectivity index (χ0n) is 16.6. The lowest BCUT2D eigenvalue weighted by molar-refractivity contribution is 0.0950. The lowest BCUT2D eigenvalue weighted by atomic mass is 10.2. The molecule has 3 aromatic heterocycles. The van der Waals surface area contributed by atoms with E-state index >= 15 is 0 Å². The fourth-order valence-electron chi connectivity index (χ4n) is 2.90. The lowest BCUT2D eigenvalue weighted by Gasteiger charge is -2.08. The zero-order valence-corrected chi connectivity index (χ0v) is 17.4. The Balaban J connectivity index is 1.35. The Bertz CT molecular complexity index is 1140. The monoisotopic (exact) mass is 416 g/mol. The van der Waals surface area contributed by atoms with Crippen molar-refractivity contribution in [2.24, 2.45) is 0 Å². The van der Waals surface area contributed by atoms with Crippen LogP contribution in [0.5, 0.6) is 0 Å². The van der Waals surface area contributed by atoms with Crippen LogP contribution in [-0.2, 0) is 6.54 Å². The average Bonchev–Trinajstić information content (AvgIpc) is 3.22. The van der Waals surface area contributed by atoms with Crippen LogP contribution < -0.4 is 10.6 Å². The maximum absolute atomic E-state index is 12.5. The van der Waals surface area contributed by atoms with Crippen molar-refractivity contribution in [1.29, 1.82) is 0 Å². The molecule has 0 aliphatic carbocycles. The van der Waals surface area contributed by atoms with Gasteiger partial charge in [-0.3, -0.25) is 9.78 Å². The van der Waals surface area contributed by atoms with Crippen LogP contribution >= 0.6 is 11.3 Å². The molecule has 0 bridgehead atoms. The summed E-state index contributed by atoms with van der Waals surface area (Å²) in [6, 6.07) is 13.0. The summed E-state index contributed by atoms with van der Waals surface area (Å²) in [4.78, 5) is 29.9. The molecule has 0 atom stereocenters. The molecule has 1 aromatic carbocycles. The van der Waals surface area contributed by atoms with Crippen molar-refractivity contribution >= 4 is 28.9 Å². The van der Waals surface area contributed by atoms with E-state index in [0.29, 0.717) is 18.1 Å². The molecular formula is C22H20N6OS. The fourth-order valence-corrected chi connectivity index (χ4v) is 3.71. The molecule has 150 valence electrons. The number of thiazole rings is 1. The average molecular weight is 417 g/mol. The van der Waals surface area contributed by atoms with Gasteiger partial charge in [0.2, 0.25) is 5.95 Å². The second-order valence-electron chi connectivity index (χ2n) is 6.75. The van der Waals surface area contributed by atoms with Gasteiger partial charge in [0.05, 0.1) is 12.2 Å². The van der Waals surface area contributed by atoms with Crippen LogP contribution in [0.4, 0.5) is 11.6 Å². The van der Waals surface area contributed by atoms with E-state index in [2.05, 4.69) is 30.6 Å². The number of nitrogens with one attached hydrogen (secondary N) is 2. The van der Waals surface area contributed by atoms with Gasteiger partial charge in [0, 0.05) is 46.0 Å². The summed E-state index contributed by atoms with van der Waals surface area (Å²) < 4.78 is 0. The molecule has 0 fully saturated rings. The van der Waals surface area contributed by atoms with Crippen molar-refractivity contribution in [2.45, 2.75) is 20.4 Å². The number of anilines is 2. The molecule has 30 heavy (non-hydrogen) atoms. The second-order valence-corrected chi connectivity index (χ2v) is 7.60. The lowest BCUT2D eigenvalue weighted by Crippen LogP contribution is -2.22. The number of nitrogens with zero attached hydrogens (tertiary/aromatic N) is 4. The number of carbonyl (C=O) groups excluding carboxylic acids is 1. The highest BCUT2D eigenvalue weighted by atomic mass is 32.1. The van der Waals surface area contributed by atoms with E-state index in [9.17, 15) is 4.79 Å². The van der Waals surface area contributed by atoms with Gasteiger partial charge in [-0.05, 0) is 56.3 Å². The van der Waals surface area contributed by atoms with Gasteiger partial charge in [0.25, 0.3) is 5.91 Å². The van der Waals surface area contributed by atoms with Gasteiger partial charge in [-0.15, -0.1) is 11.3 Å². The number of rotatable bonds is 6. The first-order valence-electron chi connectivity index (χ1n) is 9.39. The molecule has 0 radical (unpaired) electrons. The number of aromatic nitrogens is 4. The van der Waals surface area contributed by atoms with Crippen LogP contribution in [0, 0.1) is 13.8 Å². The summed E-state index contributed by atoms with van der Waals surface area (Å²) in [6.07, 6.45) is 3.51. The fraction of sp³-hybridized carbons (Fsp3) is 0.136. The predicted molar refractivity (Wildman–Crippen MR) is 118 cm³/mol. The Labute approximate surface area is 178 Å². The first-order valence-corrected chi connectivity index (χ1v) is 10.3. The Hall–Kier alpha value is -3.65. The van der Waals surface area contributed by atoms with Crippen molar-refractivity contribution in [1.82, 2.24) is 25.3 Å². The number of aryl methyl sites for hydroxylation is 2. The molecular weight excluding hydrogens is 396 g/mol. The summed E-state index contributed by atoms with van der Waals surface area (Å²) >= 11 is 1.53. The molecule has 0 aliphatic rings. The standard InChI is InChI=1S/C22H20N6OS/c1-14-10-15(2)26-22(25-14)28-18-7-5-16(6-8-18)20(29)24-12-19-13-30-21(27-19)17-4-3-9-23-11-17/h3-11,13H,12H2,1-2H3,(H,24,29)(H,25,26,28). The quantitative estimate of drug-likeness (QED) is 0.487. The number of pyridine rings is 1. The second kappa shape index (κ2) is 8.79. The Morgan fingerprint density at radius 2 is 1.80 bits per heavy atom. The smallest absolute Gasteiger partial charge is 0.251 e. The van der Waals surface area contributed by atoms with Gasteiger partial charge >= 0.3 is 0 Å². The molecule has 0 saturated heterocycles. The molecule has 2 N–H and O–H groups in total. The van der Waals surface area contributed by atoms with Crippen molar-refractivity contribution in [2.75, 3.05) is 5.32 Å². The number of benzene rings is 1. The van der Waals surface area contributed by atoms with E-state index in [0.717, 1.165) is 33.3 Å².